The van der Waals surface area contributed by atoms with Gasteiger partial charge in [0.25, 0.3) is 0 Å². The molecule has 0 bridgehead atoms. The third-order valence-electron chi connectivity index (χ3n) is 2.06. The van der Waals surface area contributed by atoms with Gasteiger partial charge in [0.05, 0.1) is 4.47 Å². The lowest BCUT2D eigenvalue weighted by Crippen LogP contribution is -2.01. The summed E-state index contributed by atoms with van der Waals surface area (Å²) in [7, 11) is 1.79. The number of hydrogen-bond acceptors (Lipinski definition) is 4. The summed E-state index contributed by atoms with van der Waals surface area (Å²) >= 11 is 5.69. The molecule has 1 aromatic carbocycles. The lowest BCUT2D eigenvalue weighted by atomic mass is 10.3. The molecular weight excluding hydrogens is 395 g/mol. The Bertz CT molecular complexity index is 533. The van der Waals surface area contributed by atoms with Gasteiger partial charge in [-0.3, -0.25) is 0 Å². The normalized spacial score (nSPS) is 10.1. The van der Waals surface area contributed by atoms with Crippen LogP contribution < -0.4 is 10.6 Å². The Labute approximate surface area is 122 Å². The summed E-state index contributed by atoms with van der Waals surface area (Å²) in [5, 5.41) is 6.15. The number of anilines is 3. The first-order chi connectivity index (χ1) is 8.19. The molecule has 2 aromatic rings. The molecule has 2 rings (SSSR count). The van der Waals surface area contributed by atoms with E-state index in [0.717, 1.165) is 16.0 Å². The summed E-state index contributed by atoms with van der Waals surface area (Å²) in [5.74, 6) is 1.33. The summed E-state index contributed by atoms with van der Waals surface area (Å²) in [6.07, 6.45) is 1.72. The molecule has 0 saturated carbocycles. The molecule has 1 aromatic heterocycles. The Balaban J connectivity index is 2.29. The average Bonchev–Trinajstić information content (AvgIpc) is 2.32. The van der Waals surface area contributed by atoms with E-state index in [0.29, 0.717) is 5.95 Å². The van der Waals surface area contributed by atoms with E-state index in [4.69, 9.17) is 0 Å². The predicted octanol–water partition coefficient (Wildman–Crippen LogP) is 3.63. The third kappa shape index (κ3) is 3.29. The number of halogens is 2. The van der Waals surface area contributed by atoms with E-state index in [1.165, 1.54) is 3.57 Å². The monoisotopic (exact) mass is 404 g/mol. The second-order valence-corrected chi connectivity index (χ2v) is 5.38. The third-order valence-corrected chi connectivity index (χ3v) is 3.31. The van der Waals surface area contributed by atoms with Gasteiger partial charge in [0, 0.05) is 22.5 Å². The van der Waals surface area contributed by atoms with E-state index >= 15 is 0 Å². The van der Waals surface area contributed by atoms with Crippen LogP contribution in [0.1, 0.15) is 0 Å². The lowest BCUT2D eigenvalue weighted by Gasteiger charge is -2.09. The molecule has 0 amide bonds. The Morgan fingerprint density at radius 2 is 2.18 bits per heavy atom. The quantitative estimate of drug-likeness (QED) is 0.767. The van der Waals surface area contributed by atoms with Crippen molar-refractivity contribution >= 4 is 56.0 Å². The molecule has 88 valence electrons. The van der Waals surface area contributed by atoms with Crippen molar-refractivity contribution in [2.24, 2.45) is 0 Å². The number of nitrogens with one attached hydrogen (secondary N) is 2. The minimum absolute atomic E-state index is 0.585. The highest BCUT2D eigenvalue weighted by Gasteiger charge is 2.04. The van der Waals surface area contributed by atoms with Gasteiger partial charge in [-0.2, -0.15) is 4.98 Å². The maximum atomic E-state index is 4.33. The van der Waals surface area contributed by atoms with Gasteiger partial charge in [0.1, 0.15) is 5.82 Å². The van der Waals surface area contributed by atoms with Gasteiger partial charge in [-0.05, 0) is 56.7 Å². The Kier molecular flexibility index (Phi) is 4.16. The highest BCUT2D eigenvalue weighted by Crippen LogP contribution is 2.24. The first-order valence-electron chi connectivity index (χ1n) is 4.92. The predicted molar refractivity (Wildman–Crippen MR) is 81.7 cm³/mol. The van der Waals surface area contributed by atoms with Gasteiger partial charge in [-0.15, -0.1) is 0 Å². The van der Waals surface area contributed by atoms with Crippen molar-refractivity contribution in [1.29, 1.82) is 0 Å². The molecule has 0 atom stereocenters. The van der Waals surface area contributed by atoms with E-state index in [9.17, 15) is 0 Å². The van der Waals surface area contributed by atoms with Crippen LogP contribution in [0.25, 0.3) is 0 Å². The molecule has 0 unspecified atom stereocenters. The van der Waals surface area contributed by atoms with Gasteiger partial charge in [-0.1, -0.05) is 6.07 Å². The van der Waals surface area contributed by atoms with E-state index in [1.807, 2.05) is 24.3 Å². The summed E-state index contributed by atoms with van der Waals surface area (Å²) in [5.41, 5.74) is 0.998. The second-order valence-electron chi connectivity index (χ2n) is 3.28. The zero-order valence-corrected chi connectivity index (χ0v) is 12.8. The first-order valence-corrected chi connectivity index (χ1v) is 6.79. The smallest absolute Gasteiger partial charge is 0.224 e. The minimum atomic E-state index is 0.585. The van der Waals surface area contributed by atoms with E-state index in [2.05, 4.69) is 59.1 Å². The number of hydrogen-bond donors (Lipinski definition) is 2. The van der Waals surface area contributed by atoms with Crippen LogP contribution in [0.5, 0.6) is 0 Å². The Morgan fingerprint density at radius 1 is 1.35 bits per heavy atom. The van der Waals surface area contributed by atoms with Crippen molar-refractivity contribution in [1.82, 2.24) is 9.97 Å². The fourth-order valence-corrected chi connectivity index (χ4v) is 2.11. The van der Waals surface area contributed by atoms with Crippen molar-refractivity contribution in [3.05, 3.63) is 38.5 Å². The number of rotatable bonds is 3. The zero-order valence-electron chi connectivity index (χ0n) is 9.04. The molecule has 4 nitrogen and oxygen atoms in total. The minimum Gasteiger partial charge on any atom is -0.357 e. The molecule has 0 saturated heterocycles. The van der Waals surface area contributed by atoms with Crippen LogP contribution in [0.4, 0.5) is 17.5 Å². The maximum Gasteiger partial charge on any atom is 0.224 e. The van der Waals surface area contributed by atoms with Gasteiger partial charge in [0.2, 0.25) is 5.95 Å². The van der Waals surface area contributed by atoms with Crippen molar-refractivity contribution in [2.45, 2.75) is 0 Å². The molecule has 0 radical (unpaired) electrons. The summed E-state index contributed by atoms with van der Waals surface area (Å²) < 4.78 is 2.00. The van der Waals surface area contributed by atoms with E-state index in [1.54, 1.807) is 13.2 Å². The van der Waals surface area contributed by atoms with Gasteiger partial charge in [-0.25, -0.2) is 4.98 Å². The van der Waals surface area contributed by atoms with Crippen LogP contribution in [0.2, 0.25) is 0 Å². The van der Waals surface area contributed by atoms with Crippen molar-refractivity contribution in [3.8, 4) is 0 Å². The molecule has 6 heteroatoms. The molecule has 0 aliphatic rings. The number of aromatic nitrogens is 2. The molecular formula is C11H10BrIN4. The van der Waals surface area contributed by atoms with Gasteiger partial charge in [0.15, 0.2) is 0 Å². The Hall–Kier alpha value is -0.890. The van der Waals surface area contributed by atoms with E-state index < -0.39 is 0 Å². The average molecular weight is 405 g/mol. The van der Waals surface area contributed by atoms with Crippen LogP contribution in [0, 0.1) is 3.57 Å². The highest BCUT2D eigenvalue weighted by molar-refractivity contribution is 14.1. The molecule has 0 spiro atoms. The fourth-order valence-electron chi connectivity index (χ4n) is 1.28. The molecule has 17 heavy (non-hydrogen) atoms. The molecule has 1 heterocycles. The first kappa shape index (κ1) is 12.6. The van der Waals surface area contributed by atoms with Crippen LogP contribution in [0.15, 0.2) is 34.9 Å². The van der Waals surface area contributed by atoms with E-state index in [-0.39, 0.29) is 0 Å². The topological polar surface area (TPSA) is 49.8 Å². The SMILES string of the molecule is CNc1ncc(Br)c(Nc2cccc(I)c2)n1. The maximum absolute atomic E-state index is 4.33. The molecule has 0 fully saturated rings. The lowest BCUT2D eigenvalue weighted by molar-refractivity contribution is 1.14. The number of nitrogens with zero attached hydrogens (tertiary/aromatic N) is 2. The molecule has 0 aliphatic carbocycles. The van der Waals surface area contributed by atoms with Crippen LogP contribution in [-0.2, 0) is 0 Å². The van der Waals surface area contributed by atoms with Crippen molar-refractivity contribution in [2.75, 3.05) is 17.7 Å². The largest absolute Gasteiger partial charge is 0.357 e. The fraction of sp³-hybridized carbons (Fsp3) is 0.0909. The van der Waals surface area contributed by atoms with Crippen LogP contribution in [0.3, 0.4) is 0 Å². The summed E-state index contributed by atoms with van der Waals surface area (Å²) in [4.78, 5) is 8.44. The van der Waals surface area contributed by atoms with Crippen LogP contribution in [-0.4, -0.2) is 17.0 Å². The molecule has 2 N–H and O–H groups in total. The van der Waals surface area contributed by atoms with Crippen molar-refractivity contribution < 1.29 is 0 Å². The van der Waals surface area contributed by atoms with Crippen LogP contribution >= 0.6 is 38.5 Å². The summed E-state index contributed by atoms with van der Waals surface area (Å²) in [6, 6.07) is 8.09. The van der Waals surface area contributed by atoms with Crippen molar-refractivity contribution in [3.63, 3.8) is 0 Å². The zero-order chi connectivity index (χ0) is 12.3. The highest BCUT2D eigenvalue weighted by atomic mass is 127. The second kappa shape index (κ2) is 5.63. The number of benzene rings is 1. The standard InChI is InChI=1S/C11H10BrIN4/c1-14-11-15-6-9(12)10(17-11)16-8-4-2-3-7(13)5-8/h2-6H,1H3,(H2,14,15,16,17). The Morgan fingerprint density at radius 3 is 2.88 bits per heavy atom. The summed E-state index contributed by atoms with van der Waals surface area (Å²) in [6.45, 7) is 0. The van der Waals surface area contributed by atoms with Gasteiger partial charge < -0.3 is 10.6 Å². The molecule has 0 aliphatic heterocycles. The van der Waals surface area contributed by atoms with Gasteiger partial charge >= 0.3 is 0 Å².